The van der Waals surface area contributed by atoms with E-state index in [9.17, 15) is 4.39 Å². The van der Waals surface area contributed by atoms with Crippen molar-refractivity contribution >= 4 is 6.08 Å². The molecule has 0 radical (unpaired) electrons. The van der Waals surface area contributed by atoms with Crippen molar-refractivity contribution in [1.82, 2.24) is 0 Å². The van der Waals surface area contributed by atoms with Gasteiger partial charge in [-0.1, -0.05) is 42.5 Å². The van der Waals surface area contributed by atoms with Gasteiger partial charge in [-0.3, -0.25) is 0 Å². The Bertz CT molecular complexity index is 614. The van der Waals surface area contributed by atoms with E-state index in [1.54, 1.807) is 12.1 Å². The van der Waals surface area contributed by atoms with Crippen LogP contribution in [0.25, 0.3) is 6.08 Å². The smallest absolute Gasteiger partial charge is 0.144 e. The molecular weight excluding hydrogens is 241 g/mol. The zero-order chi connectivity index (χ0) is 13.5. The second-order valence-corrected chi connectivity index (χ2v) is 3.85. The summed E-state index contributed by atoms with van der Waals surface area (Å²) in [5, 5.41) is 8.85. The standard InChI is InChI=1S/C16H12FNO/c17-15-9-4-10-16(14(15)12-18)19-11-5-8-13-6-2-1-3-7-13/h1-10H,11H2. The Labute approximate surface area is 111 Å². The summed E-state index contributed by atoms with van der Waals surface area (Å²) in [7, 11) is 0. The summed E-state index contributed by atoms with van der Waals surface area (Å²) in [6.07, 6.45) is 3.73. The van der Waals surface area contributed by atoms with Gasteiger partial charge in [0.15, 0.2) is 0 Å². The highest BCUT2D eigenvalue weighted by Crippen LogP contribution is 2.20. The highest BCUT2D eigenvalue weighted by molar-refractivity contribution is 5.49. The number of nitrogens with zero attached hydrogens (tertiary/aromatic N) is 1. The number of ether oxygens (including phenoxy) is 1. The molecule has 2 nitrogen and oxygen atoms in total. The first kappa shape index (κ1) is 12.8. The van der Waals surface area contributed by atoms with Gasteiger partial charge < -0.3 is 4.74 Å². The molecule has 19 heavy (non-hydrogen) atoms. The maximum absolute atomic E-state index is 13.3. The largest absolute Gasteiger partial charge is 0.488 e. The summed E-state index contributed by atoms with van der Waals surface area (Å²) < 4.78 is 18.7. The van der Waals surface area contributed by atoms with E-state index in [2.05, 4.69) is 0 Å². The minimum Gasteiger partial charge on any atom is -0.488 e. The van der Waals surface area contributed by atoms with Gasteiger partial charge in [-0.2, -0.15) is 5.26 Å². The van der Waals surface area contributed by atoms with Gasteiger partial charge in [0.1, 0.15) is 29.8 Å². The van der Waals surface area contributed by atoms with Crippen LogP contribution < -0.4 is 4.74 Å². The average molecular weight is 253 g/mol. The fourth-order valence-corrected chi connectivity index (χ4v) is 1.62. The molecule has 2 aromatic rings. The second kappa shape index (κ2) is 6.36. The zero-order valence-electron chi connectivity index (χ0n) is 10.2. The molecule has 0 aliphatic carbocycles. The second-order valence-electron chi connectivity index (χ2n) is 3.85. The number of benzene rings is 2. The minimum atomic E-state index is -0.563. The third kappa shape index (κ3) is 3.43. The highest BCUT2D eigenvalue weighted by Gasteiger charge is 2.07. The van der Waals surface area contributed by atoms with Gasteiger partial charge in [0.05, 0.1) is 0 Å². The summed E-state index contributed by atoms with van der Waals surface area (Å²) >= 11 is 0. The number of halogens is 1. The lowest BCUT2D eigenvalue weighted by molar-refractivity contribution is 0.360. The van der Waals surface area contributed by atoms with Crippen molar-refractivity contribution in [3.8, 4) is 11.8 Å². The molecule has 0 bridgehead atoms. The third-order valence-corrected chi connectivity index (χ3v) is 2.53. The fraction of sp³-hybridized carbons (Fsp3) is 0.0625. The summed E-state index contributed by atoms with van der Waals surface area (Å²) in [6, 6.07) is 15.9. The van der Waals surface area contributed by atoms with Crippen LogP contribution in [0.3, 0.4) is 0 Å². The van der Waals surface area contributed by atoms with Crippen LogP contribution in [0.4, 0.5) is 4.39 Å². The van der Waals surface area contributed by atoms with Crippen molar-refractivity contribution < 1.29 is 9.13 Å². The number of hydrogen-bond acceptors (Lipinski definition) is 2. The van der Waals surface area contributed by atoms with E-state index in [1.807, 2.05) is 42.5 Å². The molecule has 0 spiro atoms. The first-order valence-electron chi connectivity index (χ1n) is 5.84. The normalized spacial score (nSPS) is 10.3. The predicted molar refractivity (Wildman–Crippen MR) is 72.1 cm³/mol. The molecular formula is C16H12FNO. The van der Waals surface area contributed by atoms with Crippen LogP contribution in [0, 0.1) is 17.1 Å². The van der Waals surface area contributed by atoms with E-state index in [-0.39, 0.29) is 17.9 Å². The van der Waals surface area contributed by atoms with E-state index in [4.69, 9.17) is 10.00 Å². The molecule has 0 saturated heterocycles. The van der Waals surface area contributed by atoms with Gasteiger partial charge in [-0.25, -0.2) is 4.39 Å². The first-order valence-corrected chi connectivity index (χ1v) is 5.84. The Balaban J connectivity index is 1.99. The van der Waals surface area contributed by atoms with Crippen molar-refractivity contribution in [2.24, 2.45) is 0 Å². The lowest BCUT2D eigenvalue weighted by Gasteiger charge is -2.05. The van der Waals surface area contributed by atoms with Crippen LogP contribution in [0.15, 0.2) is 54.6 Å². The number of nitriles is 1. The van der Waals surface area contributed by atoms with Gasteiger partial charge in [0.2, 0.25) is 0 Å². The summed E-state index contributed by atoms with van der Waals surface area (Å²) in [4.78, 5) is 0. The Hall–Kier alpha value is -2.60. The molecule has 2 rings (SSSR count). The minimum absolute atomic E-state index is 0.0596. The van der Waals surface area contributed by atoms with Crippen molar-refractivity contribution in [2.45, 2.75) is 0 Å². The Morgan fingerprint density at radius 3 is 2.63 bits per heavy atom. The third-order valence-electron chi connectivity index (χ3n) is 2.53. The summed E-state index contributed by atoms with van der Waals surface area (Å²) in [6.45, 7) is 0.285. The molecule has 0 N–H and O–H groups in total. The van der Waals surface area contributed by atoms with Crippen LogP contribution >= 0.6 is 0 Å². The topological polar surface area (TPSA) is 33.0 Å². The number of hydrogen-bond donors (Lipinski definition) is 0. The van der Waals surface area contributed by atoms with Crippen LogP contribution in [0.5, 0.6) is 5.75 Å². The molecule has 0 aliphatic rings. The Morgan fingerprint density at radius 1 is 1.11 bits per heavy atom. The zero-order valence-corrected chi connectivity index (χ0v) is 10.2. The molecule has 0 fully saturated rings. The van der Waals surface area contributed by atoms with E-state index in [0.29, 0.717) is 0 Å². The van der Waals surface area contributed by atoms with Gasteiger partial charge in [0, 0.05) is 0 Å². The molecule has 0 aliphatic heterocycles. The number of rotatable bonds is 4. The molecule has 0 saturated carbocycles. The SMILES string of the molecule is N#Cc1c(F)cccc1OCC=Cc1ccccc1. The lowest BCUT2D eigenvalue weighted by Crippen LogP contribution is -1.97. The molecule has 0 atom stereocenters. The molecule has 0 aromatic heterocycles. The van der Waals surface area contributed by atoms with Gasteiger partial charge in [0.25, 0.3) is 0 Å². The maximum Gasteiger partial charge on any atom is 0.144 e. The van der Waals surface area contributed by atoms with Crippen LogP contribution in [0.2, 0.25) is 0 Å². The van der Waals surface area contributed by atoms with Gasteiger partial charge in [-0.15, -0.1) is 0 Å². The fourth-order valence-electron chi connectivity index (χ4n) is 1.62. The Morgan fingerprint density at radius 2 is 1.89 bits per heavy atom. The van der Waals surface area contributed by atoms with Crippen LogP contribution in [-0.4, -0.2) is 6.61 Å². The lowest BCUT2D eigenvalue weighted by atomic mass is 10.2. The predicted octanol–water partition coefficient (Wildman–Crippen LogP) is 3.79. The molecule has 3 heteroatoms. The molecule has 0 unspecified atom stereocenters. The molecule has 0 amide bonds. The monoisotopic (exact) mass is 253 g/mol. The molecule has 94 valence electrons. The first-order chi connectivity index (χ1) is 9.31. The Kier molecular flexibility index (Phi) is 4.30. The van der Waals surface area contributed by atoms with Crippen molar-refractivity contribution in [3.05, 3.63) is 71.6 Å². The van der Waals surface area contributed by atoms with Crippen molar-refractivity contribution in [3.63, 3.8) is 0 Å². The molecule has 0 heterocycles. The van der Waals surface area contributed by atoms with Crippen molar-refractivity contribution in [2.75, 3.05) is 6.61 Å². The quantitative estimate of drug-likeness (QED) is 0.830. The van der Waals surface area contributed by atoms with Crippen LogP contribution in [0.1, 0.15) is 11.1 Å². The van der Waals surface area contributed by atoms with Crippen LogP contribution in [-0.2, 0) is 0 Å². The van der Waals surface area contributed by atoms with Crippen molar-refractivity contribution in [1.29, 1.82) is 5.26 Å². The van der Waals surface area contributed by atoms with E-state index >= 15 is 0 Å². The van der Waals surface area contributed by atoms with E-state index in [1.165, 1.54) is 12.1 Å². The summed E-state index contributed by atoms with van der Waals surface area (Å²) in [5.41, 5.74) is 1.00. The summed E-state index contributed by atoms with van der Waals surface area (Å²) in [5.74, 6) is -0.299. The average Bonchev–Trinajstić information content (AvgIpc) is 2.45. The van der Waals surface area contributed by atoms with Gasteiger partial charge in [-0.05, 0) is 23.8 Å². The van der Waals surface area contributed by atoms with E-state index in [0.717, 1.165) is 5.56 Å². The van der Waals surface area contributed by atoms with Gasteiger partial charge >= 0.3 is 0 Å². The maximum atomic E-state index is 13.3. The highest BCUT2D eigenvalue weighted by atomic mass is 19.1. The molecule has 2 aromatic carbocycles. The van der Waals surface area contributed by atoms with E-state index < -0.39 is 5.82 Å².